The summed E-state index contributed by atoms with van der Waals surface area (Å²) in [5, 5.41) is 4.91. The van der Waals surface area contributed by atoms with E-state index < -0.39 is 28.9 Å². The van der Waals surface area contributed by atoms with Gasteiger partial charge in [0.25, 0.3) is 0 Å². The zero-order valence-corrected chi connectivity index (χ0v) is 12.8. The number of ether oxygens (including phenoxy) is 1. The van der Waals surface area contributed by atoms with E-state index in [1.54, 1.807) is 7.11 Å². The van der Waals surface area contributed by atoms with Crippen molar-refractivity contribution in [3.63, 3.8) is 0 Å². The molecule has 1 aromatic carbocycles. The fourth-order valence-electron chi connectivity index (χ4n) is 1.61. The van der Waals surface area contributed by atoms with Gasteiger partial charge in [-0.1, -0.05) is 0 Å². The third-order valence-corrected chi connectivity index (χ3v) is 3.13. The minimum Gasteiger partial charge on any atom is -0.385 e. The van der Waals surface area contributed by atoms with Gasteiger partial charge in [-0.25, -0.2) is 8.78 Å². The second kappa shape index (κ2) is 7.84. The molecular formula is C15H20F2N2O3. The van der Waals surface area contributed by atoms with E-state index in [0.29, 0.717) is 25.6 Å². The van der Waals surface area contributed by atoms with Crippen LogP contribution in [0.2, 0.25) is 0 Å². The fraction of sp³-hybridized carbons (Fsp3) is 0.467. The van der Waals surface area contributed by atoms with Gasteiger partial charge in [-0.15, -0.1) is 0 Å². The fourth-order valence-corrected chi connectivity index (χ4v) is 1.61. The van der Waals surface area contributed by atoms with Crippen LogP contribution in [0.15, 0.2) is 18.2 Å². The number of hydrogen-bond donors (Lipinski definition) is 2. The van der Waals surface area contributed by atoms with Crippen molar-refractivity contribution in [2.75, 3.05) is 25.6 Å². The number of anilines is 1. The first kappa shape index (κ1) is 18.0. The summed E-state index contributed by atoms with van der Waals surface area (Å²) in [6.07, 6.45) is 0.618. The number of hydrogen-bond acceptors (Lipinski definition) is 3. The summed E-state index contributed by atoms with van der Waals surface area (Å²) in [5.74, 6) is -2.80. The van der Waals surface area contributed by atoms with E-state index >= 15 is 0 Å². The zero-order valence-electron chi connectivity index (χ0n) is 12.8. The second-order valence-corrected chi connectivity index (χ2v) is 5.31. The molecule has 0 atom stereocenters. The molecule has 0 heterocycles. The van der Waals surface area contributed by atoms with Crippen LogP contribution in [0.25, 0.3) is 0 Å². The van der Waals surface area contributed by atoms with E-state index in [1.807, 2.05) is 0 Å². The first-order valence-electron chi connectivity index (χ1n) is 6.82. The third-order valence-electron chi connectivity index (χ3n) is 3.13. The molecule has 2 amide bonds. The lowest BCUT2D eigenvalue weighted by molar-refractivity contribution is -0.138. The Bertz CT molecular complexity index is 548. The molecule has 1 rings (SSSR count). The quantitative estimate of drug-likeness (QED) is 0.598. The molecule has 0 saturated carbocycles. The number of nitrogens with one attached hydrogen (secondary N) is 2. The summed E-state index contributed by atoms with van der Waals surface area (Å²) in [6, 6.07) is 2.79. The first-order chi connectivity index (χ1) is 10.3. The number of benzene rings is 1. The van der Waals surface area contributed by atoms with Crippen molar-refractivity contribution in [1.29, 1.82) is 0 Å². The van der Waals surface area contributed by atoms with Crippen LogP contribution in [-0.2, 0) is 14.3 Å². The Morgan fingerprint density at radius 1 is 1.23 bits per heavy atom. The lowest BCUT2D eigenvalue weighted by Crippen LogP contribution is -2.45. The summed E-state index contributed by atoms with van der Waals surface area (Å²) < 4.78 is 31.2. The second-order valence-electron chi connectivity index (χ2n) is 5.31. The highest BCUT2D eigenvalue weighted by Crippen LogP contribution is 2.21. The van der Waals surface area contributed by atoms with Gasteiger partial charge in [-0.2, -0.15) is 0 Å². The van der Waals surface area contributed by atoms with Gasteiger partial charge in [0.1, 0.15) is 17.0 Å². The lowest BCUT2D eigenvalue weighted by atomic mass is 9.91. The summed E-state index contributed by atoms with van der Waals surface area (Å²) >= 11 is 0. The van der Waals surface area contributed by atoms with E-state index in [-0.39, 0.29) is 5.69 Å². The van der Waals surface area contributed by atoms with E-state index in [4.69, 9.17) is 4.74 Å². The smallest absolute Gasteiger partial charge is 0.239 e. The van der Waals surface area contributed by atoms with Crippen molar-refractivity contribution >= 4 is 17.5 Å². The zero-order chi connectivity index (χ0) is 16.8. The van der Waals surface area contributed by atoms with E-state index in [2.05, 4.69) is 10.6 Å². The van der Waals surface area contributed by atoms with Crippen molar-refractivity contribution in [1.82, 2.24) is 5.32 Å². The average molecular weight is 314 g/mol. The molecule has 0 spiro atoms. The number of methoxy groups -OCH3 is 1. The SMILES string of the molecule is COCCCNC(=O)C(C)(C)C(=O)Nc1ccc(F)cc1F. The van der Waals surface area contributed by atoms with Crippen molar-refractivity contribution in [2.45, 2.75) is 20.3 Å². The highest BCUT2D eigenvalue weighted by molar-refractivity contribution is 6.09. The van der Waals surface area contributed by atoms with Crippen LogP contribution in [0, 0.1) is 17.0 Å². The van der Waals surface area contributed by atoms with Crippen molar-refractivity contribution in [3.05, 3.63) is 29.8 Å². The summed E-state index contributed by atoms with van der Waals surface area (Å²) in [7, 11) is 1.55. The number of carbonyl (C=O) groups excluding carboxylic acids is 2. The van der Waals surface area contributed by atoms with Gasteiger partial charge < -0.3 is 15.4 Å². The van der Waals surface area contributed by atoms with Gasteiger partial charge in [0, 0.05) is 26.3 Å². The molecule has 5 nitrogen and oxygen atoms in total. The molecule has 0 bridgehead atoms. The topological polar surface area (TPSA) is 67.4 Å². The summed E-state index contributed by atoms with van der Waals surface area (Å²) in [6.45, 7) is 3.72. The summed E-state index contributed by atoms with van der Waals surface area (Å²) in [5.41, 5.74) is -1.57. The van der Waals surface area contributed by atoms with Crippen LogP contribution in [-0.4, -0.2) is 32.1 Å². The van der Waals surface area contributed by atoms with Crippen molar-refractivity contribution < 1.29 is 23.1 Å². The largest absolute Gasteiger partial charge is 0.385 e. The molecule has 0 aliphatic carbocycles. The Labute approximate surface area is 128 Å². The Balaban J connectivity index is 2.67. The Morgan fingerprint density at radius 3 is 2.50 bits per heavy atom. The van der Waals surface area contributed by atoms with Crippen LogP contribution in [0.1, 0.15) is 20.3 Å². The summed E-state index contributed by atoms with van der Waals surface area (Å²) in [4.78, 5) is 24.2. The predicted octanol–water partition coefficient (Wildman–Crippen LogP) is 2.08. The maximum atomic E-state index is 13.5. The molecule has 0 fully saturated rings. The minimum atomic E-state index is -1.39. The molecular weight excluding hydrogens is 294 g/mol. The van der Waals surface area contributed by atoms with Gasteiger partial charge >= 0.3 is 0 Å². The molecule has 22 heavy (non-hydrogen) atoms. The van der Waals surface area contributed by atoms with Crippen LogP contribution in [0.5, 0.6) is 0 Å². The molecule has 0 aliphatic heterocycles. The van der Waals surface area contributed by atoms with Gasteiger partial charge in [0.2, 0.25) is 11.8 Å². The molecule has 0 aromatic heterocycles. The van der Waals surface area contributed by atoms with E-state index in [0.717, 1.165) is 12.1 Å². The standard InChI is InChI=1S/C15H20F2N2O3/c1-15(2,13(20)18-7-4-8-22-3)14(21)19-12-6-5-10(16)9-11(12)17/h5-6,9H,4,7-8H2,1-3H3,(H,18,20)(H,19,21). The van der Waals surface area contributed by atoms with Crippen LogP contribution >= 0.6 is 0 Å². The highest BCUT2D eigenvalue weighted by atomic mass is 19.1. The molecule has 0 aliphatic rings. The lowest BCUT2D eigenvalue weighted by Gasteiger charge is -2.22. The molecule has 0 radical (unpaired) electrons. The maximum Gasteiger partial charge on any atom is 0.239 e. The van der Waals surface area contributed by atoms with Gasteiger partial charge in [0.05, 0.1) is 5.69 Å². The van der Waals surface area contributed by atoms with Gasteiger partial charge in [0.15, 0.2) is 0 Å². The van der Waals surface area contributed by atoms with Crippen LogP contribution < -0.4 is 10.6 Å². The predicted molar refractivity (Wildman–Crippen MR) is 78.3 cm³/mol. The molecule has 7 heteroatoms. The molecule has 2 N–H and O–H groups in total. The molecule has 0 unspecified atom stereocenters. The number of rotatable bonds is 7. The van der Waals surface area contributed by atoms with Crippen LogP contribution in [0.4, 0.5) is 14.5 Å². The Hall–Kier alpha value is -2.02. The number of amides is 2. The minimum absolute atomic E-state index is 0.174. The Kier molecular flexibility index (Phi) is 6.42. The normalized spacial score (nSPS) is 11.1. The van der Waals surface area contributed by atoms with E-state index in [9.17, 15) is 18.4 Å². The van der Waals surface area contributed by atoms with Crippen LogP contribution in [0.3, 0.4) is 0 Å². The third kappa shape index (κ3) is 4.77. The maximum absolute atomic E-state index is 13.5. The first-order valence-corrected chi connectivity index (χ1v) is 6.82. The molecule has 1 aromatic rings. The number of carbonyl (C=O) groups is 2. The monoisotopic (exact) mass is 314 g/mol. The van der Waals surface area contributed by atoms with Gasteiger partial charge in [-0.05, 0) is 32.4 Å². The number of halogens is 2. The highest BCUT2D eigenvalue weighted by Gasteiger charge is 2.36. The van der Waals surface area contributed by atoms with E-state index in [1.165, 1.54) is 13.8 Å². The molecule has 122 valence electrons. The average Bonchev–Trinajstić information content (AvgIpc) is 2.46. The molecule has 0 saturated heterocycles. The Morgan fingerprint density at radius 2 is 1.91 bits per heavy atom. The van der Waals surface area contributed by atoms with Gasteiger partial charge in [-0.3, -0.25) is 9.59 Å². The van der Waals surface area contributed by atoms with Crippen molar-refractivity contribution in [2.24, 2.45) is 5.41 Å². The van der Waals surface area contributed by atoms with Crippen molar-refractivity contribution in [3.8, 4) is 0 Å².